The van der Waals surface area contributed by atoms with Gasteiger partial charge in [-0.3, -0.25) is 19.2 Å². The van der Waals surface area contributed by atoms with E-state index in [1.165, 1.54) is 0 Å². The molecule has 1 aromatic carbocycles. The maximum Gasteiger partial charge on any atom is 0.239 e. The summed E-state index contributed by atoms with van der Waals surface area (Å²) in [6.45, 7) is 3.21. The minimum Gasteiger partial charge on any atom is -0.379 e. The van der Waals surface area contributed by atoms with Gasteiger partial charge in [0.05, 0.1) is 39.5 Å². The van der Waals surface area contributed by atoms with Crippen molar-refractivity contribution in [3.63, 3.8) is 0 Å². The lowest BCUT2D eigenvalue weighted by atomic mass is 10.1. The summed E-state index contributed by atoms with van der Waals surface area (Å²) < 4.78 is 10.4. The minimum absolute atomic E-state index is 0.213. The molecule has 0 saturated heterocycles. The molecule has 0 aliphatic heterocycles. The number of nitrogens with one attached hydrogen (secondary N) is 4. The molecule has 0 heterocycles. The first kappa shape index (κ1) is 27.3. The molecular weight excluding hydrogens is 418 g/mol. The van der Waals surface area contributed by atoms with Gasteiger partial charge in [-0.25, -0.2) is 10.9 Å². The molecule has 0 aliphatic rings. The number of carbonyl (C=O) groups excluding carboxylic acids is 4. The van der Waals surface area contributed by atoms with Crippen LogP contribution in [0.4, 0.5) is 0 Å². The molecule has 0 radical (unpaired) electrons. The number of hydrazine groups is 1. The fourth-order valence-corrected chi connectivity index (χ4v) is 2.51. The van der Waals surface area contributed by atoms with E-state index in [4.69, 9.17) is 15.2 Å². The number of Topliss-reactive ketones (excluding diaryl/α,β-unsaturated/α-hetero) is 2. The number of carbonyl (C=O) groups is 4. The number of hydrogen-bond acceptors (Lipinski definition) is 9. The molecule has 11 heteroatoms. The Morgan fingerprint density at radius 2 is 1.66 bits per heavy atom. The predicted octanol–water partition coefficient (Wildman–Crippen LogP) is -1.93. The van der Waals surface area contributed by atoms with Gasteiger partial charge in [0.1, 0.15) is 6.04 Å². The van der Waals surface area contributed by atoms with Crippen molar-refractivity contribution in [2.24, 2.45) is 5.73 Å². The van der Waals surface area contributed by atoms with Gasteiger partial charge in [0.2, 0.25) is 23.4 Å². The molecule has 32 heavy (non-hydrogen) atoms. The smallest absolute Gasteiger partial charge is 0.239 e. The number of benzene rings is 1. The summed E-state index contributed by atoms with van der Waals surface area (Å²) in [5.74, 6) is -2.20. The molecule has 178 valence electrons. The first-order valence-electron chi connectivity index (χ1n) is 10.5. The summed E-state index contributed by atoms with van der Waals surface area (Å²) in [7, 11) is 0. The minimum atomic E-state index is -0.784. The third kappa shape index (κ3) is 12.2. The number of ketones is 2. The lowest BCUT2D eigenvalue weighted by Gasteiger charge is -2.19. The second kappa shape index (κ2) is 16.9. The molecule has 1 atom stereocenters. The van der Waals surface area contributed by atoms with Crippen molar-refractivity contribution in [2.75, 3.05) is 52.6 Å². The van der Waals surface area contributed by atoms with Gasteiger partial charge in [-0.2, -0.15) is 0 Å². The Balaban J connectivity index is 2.44. The van der Waals surface area contributed by atoms with E-state index < -0.39 is 23.5 Å². The summed E-state index contributed by atoms with van der Waals surface area (Å²) >= 11 is 0. The fraction of sp³-hybridized carbons (Fsp3) is 0.524. The van der Waals surface area contributed by atoms with Gasteiger partial charge in [0.15, 0.2) is 0 Å². The maximum atomic E-state index is 12.6. The lowest BCUT2D eigenvalue weighted by molar-refractivity contribution is -0.135. The summed E-state index contributed by atoms with van der Waals surface area (Å²) in [6.07, 6.45) is 0.300. The van der Waals surface area contributed by atoms with Crippen molar-refractivity contribution in [1.29, 1.82) is 0 Å². The molecule has 1 aromatic rings. The van der Waals surface area contributed by atoms with Crippen molar-refractivity contribution in [2.45, 2.75) is 19.4 Å². The van der Waals surface area contributed by atoms with E-state index in [-0.39, 0.29) is 25.5 Å². The SMILES string of the molecule is CCOCCOCCNC(=O)CNC(=O)[C@H](Cc1ccccc1)NNCC(=O)C(=O)CN. The highest BCUT2D eigenvalue weighted by atomic mass is 16.5. The second-order valence-electron chi connectivity index (χ2n) is 6.67. The zero-order chi connectivity index (χ0) is 23.6. The highest BCUT2D eigenvalue weighted by Crippen LogP contribution is 2.03. The van der Waals surface area contributed by atoms with E-state index in [0.29, 0.717) is 39.4 Å². The Hall–Kier alpha value is -2.70. The van der Waals surface area contributed by atoms with Crippen molar-refractivity contribution in [3.8, 4) is 0 Å². The Morgan fingerprint density at radius 3 is 2.34 bits per heavy atom. The summed E-state index contributed by atoms with van der Waals surface area (Å²) in [5.41, 5.74) is 11.4. The van der Waals surface area contributed by atoms with Crippen LogP contribution in [0, 0.1) is 0 Å². The molecule has 2 amide bonds. The molecule has 0 aliphatic carbocycles. The number of amides is 2. The average molecular weight is 452 g/mol. The predicted molar refractivity (Wildman–Crippen MR) is 117 cm³/mol. The normalized spacial score (nSPS) is 11.6. The molecule has 11 nitrogen and oxygen atoms in total. The maximum absolute atomic E-state index is 12.6. The van der Waals surface area contributed by atoms with Crippen LogP contribution >= 0.6 is 0 Å². The van der Waals surface area contributed by atoms with Crippen molar-refractivity contribution in [3.05, 3.63) is 35.9 Å². The Bertz CT molecular complexity index is 716. The largest absolute Gasteiger partial charge is 0.379 e. The van der Waals surface area contributed by atoms with Gasteiger partial charge in [0.25, 0.3) is 0 Å². The van der Waals surface area contributed by atoms with Crippen LogP contribution in [-0.4, -0.2) is 82.0 Å². The summed E-state index contributed by atoms with van der Waals surface area (Å²) in [5, 5.41) is 5.20. The first-order chi connectivity index (χ1) is 15.5. The summed E-state index contributed by atoms with van der Waals surface area (Å²) in [4.78, 5) is 47.4. The first-order valence-corrected chi connectivity index (χ1v) is 10.5. The van der Waals surface area contributed by atoms with Gasteiger partial charge < -0.3 is 25.8 Å². The molecule has 0 unspecified atom stereocenters. The van der Waals surface area contributed by atoms with Crippen LogP contribution < -0.4 is 27.2 Å². The Morgan fingerprint density at radius 1 is 0.938 bits per heavy atom. The molecule has 0 fully saturated rings. The highest BCUT2D eigenvalue weighted by molar-refractivity contribution is 6.38. The Kier molecular flexibility index (Phi) is 14.5. The summed E-state index contributed by atoms with van der Waals surface area (Å²) in [6, 6.07) is 8.45. The molecule has 0 bridgehead atoms. The van der Waals surface area contributed by atoms with E-state index in [0.717, 1.165) is 5.56 Å². The van der Waals surface area contributed by atoms with E-state index in [1.54, 1.807) is 0 Å². The molecule has 1 rings (SSSR count). The Labute approximate surface area is 187 Å². The van der Waals surface area contributed by atoms with Crippen LogP contribution in [0.3, 0.4) is 0 Å². The lowest BCUT2D eigenvalue weighted by Crippen LogP contribution is -2.54. The number of rotatable bonds is 18. The monoisotopic (exact) mass is 451 g/mol. The molecule has 6 N–H and O–H groups in total. The van der Waals surface area contributed by atoms with Gasteiger partial charge in [-0.05, 0) is 18.9 Å². The van der Waals surface area contributed by atoms with E-state index in [1.807, 2.05) is 37.3 Å². The topological polar surface area (TPSA) is 161 Å². The van der Waals surface area contributed by atoms with Crippen LogP contribution in [0.2, 0.25) is 0 Å². The van der Waals surface area contributed by atoms with Gasteiger partial charge in [0, 0.05) is 13.2 Å². The third-order valence-corrected chi connectivity index (χ3v) is 4.19. The van der Waals surface area contributed by atoms with Crippen molar-refractivity contribution in [1.82, 2.24) is 21.5 Å². The quantitative estimate of drug-likeness (QED) is 0.0973. The van der Waals surface area contributed by atoms with Crippen molar-refractivity contribution >= 4 is 23.4 Å². The zero-order valence-electron chi connectivity index (χ0n) is 18.4. The van der Waals surface area contributed by atoms with E-state index in [2.05, 4.69) is 21.5 Å². The second-order valence-corrected chi connectivity index (χ2v) is 6.67. The van der Waals surface area contributed by atoms with Crippen LogP contribution in [0.1, 0.15) is 12.5 Å². The van der Waals surface area contributed by atoms with Gasteiger partial charge in [-0.15, -0.1) is 0 Å². The van der Waals surface area contributed by atoms with Crippen LogP contribution in [0.5, 0.6) is 0 Å². The van der Waals surface area contributed by atoms with E-state index >= 15 is 0 Å². The zero-order valence-corrected chi connectivity index (χ0v) is 18.4. The van der Waals surface area contributed by atoms with Crippen LogP contribution in [0.25, 0.3) is 0 Å². The van der Waals surface area contributed by atoms with Gasteiger partial charge in [-0.1, -0.05) is 30.3 Å². The van der Waals surface area contributed by atoms with Crippen LogP contribution in [-0.2, 0) is 35.1 Å². The molecule has 0 spiro atoms. The van der Waals surface area contributed by atoms with Crippen LogP contribution in [0.15, 0.2) is 30.3 Å². The molecule has 0 aromatic heterocycles. The fourth-order valence-electron chi connectivity index (χ4n) is 2.51. The number of hydrogen-bond donors (Lipinski definition) is 5. The number of ether oxygens (including phenoxy) is 2. The van der Waals surface area contributed by atoms with Gasteiger partial charge >= 0.3 is 0 Å². The number of nitrogens with two attached hydrogens (primary N) is 1. The third-order valence-electron chi connectivity index (χ3n) is 4.19. The molecule has 0 saturated carbocycles. The molecular formula is C21H33N5O6. The average Bonchev–Trinajstić information content (AvgIpc) is 2.81. The highest BCUT2D eigenvalue weighted by Gasteiger charge is 2.20. The standard InChI is InChI=1S/C21H33N5O6/c1-2-31-10-11-32-9-8-23-20(29)15-24-21(30)17(12-16-6-4-3-5-7-16)26-25-14-19(28)18(27)13-22/h3-7,17,25-26H,2,8-15,22H2,1H3,(H,23,29)(H,24,30)/t17-/m0/s1. The van der Waals surface area contributed by atoms with E-state index in [9.17, 15) is 19.2 Å². The van der Waals surface area contributed by atoms with Crippen molar-refractivity contribution < 1.29 is 28.7 Å².